The second kappa shape index (κ2) is 5.89. The van der Waals surface area contributed by atoms with Crippen molar-refractivity contribution < 1.29 is 19.1 Å². The van der Waals surface area contributed by atoms with Gasteiger partial charge in [0.1, 0.15) is 18.8 Å². The van der Waals surface area contributed by atoms with Crippen molar-refractivity contribution in [3.63, 3.8) is 0 Å². The number of imide groups is 1. The van der Waals surface area contributed by atoms with Gasteiger partial charge in [0.2, 0.25) is 0 Å². The number of hydrogen-bond donors (Lipinski definition) is 1. The zero-order valence-electron chi connectivity index (χ0n) is 14.5. The van der Waals surface area contributed by atoms with E-state index in [0.29, 0.717) is 36.2 Å². The maximum atomic E-state index is 13.2. The molecule has 3 aliphatic rings. The zero-order chi connectivity index (χ0) is 18.6. The highest BCUT2D eigenvalue weighted by atomic mass is 35.5. The number of rotatable bonds is 2. The molecule has 2 aromatic rings. The third-order valence-corrected chi connectivity index (χ3v) is 5.70. The van der Waals surface area contributed by atoms with Crippen LogP contribution in [0, 0.1) is 0 Å². The lowest BCUT2D eigenvalue weighted by Gasteiger charge is -2.23. The summed E-state index contributed by atoms with van der Waals surface area (Å²) in [5.41, 5.74) is 1.77. The maximum absolute atomic E-state index is 13.2. The molecule has 2 heterocycles. The lowest BCUT2D eigenvalue weighted by Crippen LogP contribution is -2.41. The van der Waals surface area contributed by atoms with E-state index in [9.17, 15) is 9.59 Å². The molecule has 6 nitrogen and oxygen atoms in total. The van der Waals surface area contributed by atoms with E-state index in [-0.39, 0.29) is 18.5 Å². The lowest BCUT2D eigenvalue weighted by atomic mass is 9.92. The monoisotopic (exact) mass is 384 g/mol. The second-order valence-corrected chi connectivity index (χ2v) is 7.39. The van der Waals surface area contributed by atoms with Gasteiger partial charge in [0.25, 0.3) is 5.91 Å². The van der Waals surface area contributed by atoms with Crippen molar-refractivity contribution >= 4 is 23.5 Å². The first kappa shape index (κ1) is 16.4. The molecule has 3 amide bonds. The number of nitrogens with one attached hydrogen (secondary N) is 1. The Balaban J connectivity index is 1.47. The zero-order valence-corrected chi connectivity index (χ0v) is 15.2. The minimum atomic E-state index is -0.953. The molecule has 0 bridgehead atoms. The van der Waals surface area contributed by atoms with Crippen molar-refractivity contribution in [1.29, 1.82) is 0 Å². The number of urea groups is 1. The highest BCUT2D eigenvalue weighted by molar-refractivity contribution is 6.32. The summed E-state index contributed by atoms with van der Waals surface area (Å²) in [6.07, 6.45) is 1.35. The van der Waals surface area contributed by atoms with Crippen LogP contribution in [0.1, 0.15) is 23.1 Å². The summed E-state index contributed by atoms with van der Waals surface area (Å²) in [5.74, 6) is 0.824. The smallest absolute Gasteiger partial charge is 0.325 e. The molecule has 0 saturated carbocycles. The minimum Gasteiger partial charge on any atom is -0.486 e. The fraction of sp³-hybridized carbons (Fsp3) is 0.300. The summed E-state index contributed by atoms with van der Waals surface area (Å²) < 4.78 is 11.1. The third-order valence-electron chi connectivity index (χ3n) is 5.42. The molecular formula is C20H17ClN2O4. The predicted molar refractivity (Wildman–Crippen MR) is 98.0 cm³/mol. The quantitative estimate of drug-likeness (QED) is 0.808. The van der Waals surface area contributed by atoms with E-state index >= 15 is 0 Å². The van der Waals surface area contributed by atoms with Crippen LogP contribution in [0.5, 0.6) is 11.5 Å². The molecule has 7 heteroatoms. The van der Waals surface area contributed by atoms with Crippen LogP contribution in [0.3, 0.4) is 0 Å². The molecule has 2 aromatic carbocycles. The number of halogens is 1. The van der Waals surface area contributed by atoms with Crippen molar-refractivity contribution in [2.75, 3.05) is 13.2 Å². The van der Waals surface area contributed by atoms with Gasteiger partial charge in [-0.05, 0) is 41.7 Å². The van der Waals surface area contributed by atoms with Crippen LogP contribution < -0.4 is 14.8 Å². The molecule has 1 atom stereocenters. The minimum absolute atomic E-state index is 0.130. The van der Waals surface area contributed by atoms with Crippen LogP contribution in [-0.4, -0.2) is 30.1 Å². The van der Waals surface area contributed by atoms with Gasteiger partial charge in [0, 0.05) is 0 Å². The number of fused-ring (bicyclic) bond motifs is 3. The van der Waals surface area contributed by atoms with Crippen LogP contribution in [0.2, 0.25) is 5.02 Å². The number of carbonyl (C=O) groups excluding carboxylic acids is 2. The molecule has 1 fully saturated rings. The van der Waals surface area contributed by atoms with Crippen LogP contribution in [0.25, 0.3) is 0 Å². The molecule has 138 valence electrons. The second-order valence-electron chi connectivity index (χ2n) is 6.99. The molecule has 5 rings (SSSR count). The molecule has 0 aromatic heterocycles. The Kier molecular flexibility index (Phi) is 3.59. The van der Waals surface area contributed by atoms with Crippen LogP contribution in [0.4, 0.5) is 4.79 Å². The fourth-order valence-corrected chi connectivity index (χ4v) is 4.46. The summed E-state index contributed by atoms with van der Waals surface area (Å²) in [7, 11) is 0. The summed E-state index contributed by atoms with van der Waals surface area (Å²) in [6.45, 7) is 1.02. The summed E-state index contributed by atoms with van der Waals surface area (Å²) in [6, 6.07) is 10.9. The first-order chi connectivity index (χ1) is 13.1. The molecule has 1 unspecified atom stereocenters. The number of carbonyl (C=O) groups is 2. The Labute approximate surface area is 161 Å². The maximum Gasteiger partial charge on any atom is 0.325 e. The molecule has 1 spiro atoms. The van der Waals surface area contributed by atoms with Crippen LogP contribution in [-0.2, 0) is 23.3 Å². The molecule has 1 N–H and O–H groups in total. The Morgan fingerprint density at radius 1 is 1.15 bits per heavy atom. The summed E-state index contributed by atoms with van der Waals surface area (Å²) in [4.78, 5) is 27.1. The molecule has 0 radical (unpaired) electrons. The van der Waals surface area contributed by atoms with Crippen molar-refractivity contribution in [2.24, 2.45) is 0 Å². The van der Waals surface area contributed by atoms with Gasteiger partial charge in [0.05, 0.1) is 11.6 Å². The number of amides is 3. The normalized spacial score (nSPS) is 22.9. The van der Waals surface area contributed by atoms with Gasteiger partial charge in [-0.2, -0.15) is 0 Å². The van der Waals surface area contributed by atoms with Gasteiger partial charge in [-0.1, -0.05) is 35.9 Å². The Bertz CT molecular complexity index is 976. The van der Waals surface area contributed by atoms with Crippen molar-refractivity contribution in [3.05, 3.63) is 58.1 Å². The van der Waals surface area contributed by atoms with E-state index < -0.39 is 5.54 Å². The standard InChI is InChI=1S/C20H17ClN2O4/c21-15-9-12(10-16-17(15)27-8-7-26-16)11-23-18(24)20(22-19(23)25)6-5-13-3-1-2-4-14(13)20/h1-4,9-10H,5-8,11H2,(H,22,25). The molecular weight excluding hydrogens is 368 g/mol. The number of ether oxygens (including phenoxy) is 2. The van der Waals surface area contributed by atoms with Crippen LogP contribution >= 0.6 is 11.6 Å². The third kappa shape index (κ3) is 2.40. The van der Waals surface area contributed by atoms with E-state index in [4.69, 9.17) is 21.1 Å². The van der Waals surface area contributed by atoms with Gasteiger partial charge in [-0.3, -0.25) is 9.69 Å². The topological polar surface area (TPSA) is 67.9 Å². The Morgan fingerprint density at radius 2 is 1.96 bits per heavy atom. The highest BCUT2D eigenvalue weighted by Gasteiger charge is 2.55. The molecule has 1 saturated heterocycles. The van der Waals surface area contributed by atoms with Gasteiger partial charge >= 0.3 is 6.03 Å². The van der Waals surface area contributed by atoms with E-state index in [0.717, 1.165) is 23.1 Å². The van der Waals surface area contributed by atoms with Gasteiger partial charge < -0.3 is 14.8 Å². The van der Waals surface area contributed by atoms with Gasteiger partial charge in [-0.25, -0.2) is 4.79 Å². The SMILES string of the molecule is O=C1NC2(CCc3ccccc32)C(=O)N1Cc1cc(Cl)c2c(c1)OCCO2. The fourth-order valence-electron chi connectivity index (χ4n) is 4.17. The number of nitrogens with zero attached hydrogens (tertiary/aromatic N) is 1. The largest absolute Gasteiger partial charge is 0.486 e. The van der Waals surface area contributed by atoms with E-state index in [1.165, 1.54) is 4.90 Å². The lowest BCUT2D eigenvalue weighted by molar-refractivity contribution is -0.132. The highest BCUT2D eigenvalue weighted by Crippen LogP contribution is 2.43. The van der Waals surface area contributed by atoms with E-state index in [1.54, 1.807) is 12.1 Å². The first-order valence-electron chi connectivity index (χ1n) is 8.89. The van der Waals surface area contributed by atoms with E-state index in [2.05, 4.69) is 5.32 Å². The van der Waals surface area contributed by atoms with E-state index in [1.807, 2.05) is 24.3 Å². The van der Waals surface area contributed by atoms with Crippen molar-refractivity contribution in [3.8, 4) is 11.5 Å². The summed E-state index contributed by atoms with van der Waals surface area (Å²) >= 11 is 6.28. The first-order valence-corrected chi connectivity index (χ1v) is 9.27. The van der Waals surface area contributed by atoms with Gasteiger partial charge in [0.15, 0.2) is 11.5 Å². The predicted octanol–water partition coefficient (Wildman–Crippen LogP) is 3.00. The number of benzene rings is 2. The van der Waals surface area contributed by atoms with Crippen molar-refractivity contribution in [1.82, 2.24) is 10.2 Å². The average molecular weight is 385 g/mol. The number of aryl methyl sites for hydroxylation is 1. The van der Waals surface area contributed by atoms with Crippen molar-refractivity contribution in [2.45, 2.75) is 24.9 Å². The molecule has 2 aliphatic heterocycles. The molecule has 27 heavy (non-hydrogen) atoms. The number of hydrogen-bond acceptors (Lipinski definition) is 4. The van der Waals surface area contributed by atoms with Crippen LogP contribution in [0.15, 0.2) is 36.4 Å². The average Bonchev–Trinajstić information content (AvgIpc) is 3.16. The van der Waals surface area contributed by atoms with Gasteiger partial charge in [-0.15, -0.1) is 0 Å². The molecule has 1 aliphatic carbocycles. The Morgan fingerprint density at radius 3 is 2.85 bits per heavy atom. The summed E-state index contributed by atoms with van der Waals surface area (Å²) in [5, 5.41) is 3.34. The Hall–Kier alpha value is -2.73.